The van der Waals surface area contributed by atoms with Crippen molar-refractivity contribution in [1.29, 1.82) is 0 Å². The molecule has 0 saturated carbocycles. The van der Waals surface area contributed by atoms with Gasteiger partial charge in [0.15, 0.2) is 10.8 Å². The van der Waals surface area contributed by atoms with Gasteiger partial charge in [-0.15, -0.1) is 23.1 Å². The average Bonchev–Trinajstić information content (AvgIpc) is 3.21. The lowest BCUT2D eigenvalue weighted by atomic mass is 9.91. The van der Waals surface area contributed by atoms with Gasteiger partial charge in [0, 0.05) is 24.3 Å². The number of β-lactam (4-membered cyclic amide) rings is 1. The molecule has 32 heavy (non-hydrogen) atoms. The Morgan fingerprint density at radius 3 is 2.81 bits per heavy atom. The highest BCUT2D eigenvalue weighted by Gasteiger charge is 2.54. The van der Waals surface area contributed by atoms with Crippen LogP contribution < -0.4 is 11.1 Å². The van der Waals surface area contributed by atoms with E-state index in [-0.39, 0.29) is 27.8 Å². The van der Waals surface area contributed by atoms with Crippen LogP contribution in [0.25, 0.3) is 0 Å². The van der Waals surface area contributed by atoms with E-state index in [9.17, 15) is 14.4 Å². The lowest BCUT2D eigenvalue weighted by Gasteiger charge is -2.50. The highest BCUT2D eigenvalue weighted by atomic mass is 32.2. The number of nitrogen functional groups attached to an aromatic ring is 1. The third-order valence-electron chi connectivity index (χ3n) is 5.57. The van der Waals surface area contributed by atoms with Crippen LogP contribution in [0.1, 0.15) is 25.0 Å². The standard InChI is InChI=1S/C19H23N5O5S3/c1-28-23-12(11-8-32-19(20)21-11)15(25)22-13-16(26)24-14(18(27)30)10(7-31-17(13)24)6-9-2-4-29-5-3-9/h8-9,13,17H,2-7H2,1H3,(H2,20,21)(H,22,25)(H,27,30)/b23-12+/t13?,17-/m1/s1. The smallest absolute Gasteiger partial charge is 0.276 e. The fourth-order valence-electron chi connectivity index (χ4n) is 4.04. The molecule has 2 amide bonds. The number of nitrogens with two attached hydrogens (primary N) is 1. The summed E-state index contributed by atoms with van der Waals surface area (Å²) >= 11 is 6.72. The first-order valence-electron chi connectivity index (χ1n) is 10.0. The first-order chi connectivity index (χ1) is 15.4. The van der Waals surface area contributed by atoms with Crippen molar-refractivity contribution < 1.29 is 24.0 Å². The highest BCUT2D eigenvalue weighted by Crippen LogP contribution is 2.43. The van der Waals surface area contributed by atoms with Gasteiger partial charge in [-0.25, -0.2) is 4.98 Å². The summed E-state index contributed by atoms with van der Waals surface area (Å²) in [6, 6.07) is -0.794. The number of nitrogens with one attached hydrogen (secondary N) is 1. The van der Waals surface area contributed by atoms with Crippen molar-refractivity contribution in [2.24, 2.45) is 11.1 Å². The molecule has 0 aromatic carbocycles. The molecule has 13 heteroatoms. The monoisotopic (exact) mass is 497 g/mol. The minimum atomic E-state index is -0.794. The molecule has 172 valence electrons. The molecule has 0 aliphatic carbocycles. The molecular formula is C19H23N5O5S3. The third kappa shape index (κ3) is 4.51. The van der Waals surface area contributed by atoms with Crippen LogP contribution in [-0.4, -0.2) is 70.0 Å². The zero-order valence-corrected chi connectivity index (χ0v) is 19.8. The summed E-state index contributed by atoms with van der Waals surface area (Å²) in [7, 11) is 1.31. The predicted molar refractivity (Wildman–Crippen MR) is 124 cm³/mol. The molecule has 10 nitrogen and oxygen atoms in total. The molecule has 1 aromatic rings. The van der Waals surface area contributed by atoms with E-state index in [1.54, 1.807) is 5.38 Å². The van der Waals surface area contributed by atoms with Crippen LogP contribution in [0.5, 0.6) is 0 Å². The van der Waals surface area contributed by atoms with Crippen LogP contribution in [0.3, 0.4) is 0 Å². The first-order valence-corrected chi connectivity index (χ1v) is 12.4. The van der Waals surface area contributed by atoms with E-state index in [1.165, 1.54) is 23.8 Å². The second-order valence-electron chi connectivity index (χ2n) is 7.57. The average molecular weight is 498 g/mol. The number of amides is 2. The summed E-state index contributed by atoms with van der Waals surface area (Å²) in [5, 5.41) is 7.49. The second-order valence-corrected chi connectivity index (χ2v) is 9.97. The Kier molecular flexibility index (Phi) is 7.08. The number of carbonyl (C=O) groups is 3. The highest BCUT2D eigenvalue weighted by molar-refractivity contribution is 8.00. The Balaban J connectivity index is 1.49. The molecule has 2 fully saturated rings. The van der Waals surface area contributed by atoms with Crippen molar-refractivity contribution in [2.75, 3.05) is 31.8 Å². The van der Waals surface area contributed by atoms with E-state index in [4.69, 9.17) is 15.3 Å². The number of thiol groups is 1. The summed E-state index contributed by atoms with van der Waals surface area (Å²) in [6.45, 7) is 1.43. The van der Waals surface area contributed by atoms with Crippen molar-refractivity contribution in [2.45, 2.75) is 30.7 Å². The summed E-state index contributed by atoms with van der Waals surface area (Å²) in [4.78, 5) is 48.4. The van der Waals surface area contributed by atoms with Crippen molar-refractivity contribution >= 4 is 63.5 Å². The SMILES string of the molecule is CO/N=C(/C(=O)NC1C(=O)N2C(C(=O)S)=C(CC3CCOCC3)CS[C@H]12)c1csc(N)n1. The van der Waals surface area contributed by atoms with E-state index in [1.807, 2.05) is 0 Å². The van der Waals surface area contributed by atoms with E-state index in [2.05, 4.69) is 28.1 Å². The number of rotatable bonds is 7. The van der Waals surface area contributed by atoms with Gasteiger partial charge in [0.1, 0.15) is 24.2 Å². The van der Waals surface area contributed by atoms with Crippen LogP contribution in [0, 0.1) is 5.92 Å². The molecule has 2 saturated heterocycles. The number of ether oxygens (including phenoxy) is 1. The first kappa shape index (κ1) is 23.1. The van der Waals surface area contributed by atoms with Crippen molar-refractivity contribution in [3.8, 4) is 0 Å². The van der Waals surface area contributed by atoms with Gasteiger partial charge in [-0.05, 0) is 30.8 Å². The molecule has 2 atom stereocenters. The molecule has 0 spiro atoms. The number of oxime groups is 1. The van der Waals surface area contributed by atoms with Crippen molar-refractivity contribution in [3.05, 3.63) is 22.3 Å². The normalized spacial score (nSPS) is 24.1. The van der Waals surface area contributed by atoms with Gasteiger partial charge in [0.25, 0.3) is 11.8 Å². The number of thioether (sulfide) groups is 1. The molecule has 4 rings (SSSR count). The largest absolute Gasteiger partial charge is 0.398 e. The molecule has 3 aliphatic heterocycles. The molecule has 3 aliphatic rings. The van der Waals surface area contributed by atoms with Gasteiger partial charge in [-0.1, -0.05) is 17.8 Å². The van der Waals surface area contributed by atoms with Gasteiger partial charge in [0.05, 0.1) is 5.70 Å². The molecule has 0 bridgehead atoms. The number of aromatic nitrogens is 1. The number of fused-ring (bicyclic) bond motifs is 1. The quantitative estimate of drug-likeness (QED) is 0.220. The summed E-state index contributed by atoms with van der Waals surface area (Å²) in [5.41, 5.74) is 7.11. The van der Waals surface area contributed by atoms with E-state index in [0.29, 0.717) is 30.6 Å². The van der Waals surface area contributed by atoms with Crippen LogP contribution >= 0.6 is 35.7 Å². The molecule has 1 unspecified atom stereocenters. The second kappa shape index (κ2) is 9.81. The number of hydrogen-bond donors (Lipinski definition) is 3. The van der Waals surface area contributed by atoms with Crippen LogP contribution in [-0.2, 0) is 24.0 Å². The lowest BCUT2D eigenvalue weighted by Crippen LogP contribution is -2.70. The number of carbonyl (C=O) groups excluding carboxylic acids is 3. The molecule has 0 radical (unpaired) electrons. The summed E-state index contributed by atoms with van der Waals surface area (Å²) in [6.07, 6.45) is 2.60. The van der Waals surface area contributed by atoms with Crippen LogP contribution in [0.2, 0.25) is 0 Å². The number of hydrogen-bond acceptors (Lipinski definition) is 10. The topological polar surface area (TPSA) is 136 Å². The fourth-order valence-corrected chi connectivity index (χ4v) is 6.22. The zero-order valence-electron chi connectivity index (χ0n) is 17.3. The molecular weight excluding hydrogens is 474 g/mol. The predicted octanol–water partition coefficient (Wildman–Crippen LogP) is 1.00. The maximum absolute atomic E-state index is 13.0. The number of anilines is 1. The van der Waals surface area contributed by atoms with E-state index in [0.717, 1.165) is 36.2 Å². The Morgan fingerprint density at radius 1 is 1.44 bits per heavy atom. The van der Waals surface area contributed by atoms with Crippen molar-refractivity contribution in [3.63, 3.8) is 0 Å². The van der Waals surface area contributed by atoms with Crippen LogP contribution in [0.15, 0.2) is 21.8 Å². The summed E-state index contributed by atoms with van der Waals surface area (Å²) in [5.74, 6) is 0.0591. The number of nitrogens with zero attached hydrogens (tertiary/aromatic N) is 3. The lowest BCUT2D eigenvalue weighted by molar-refractivity contribution is -0.146. The van der Waals surface area contributed by atoms with E-state index >= 15 is 0 Å². The Hall–Kier alpha value is -2.09. The minimum Gasteiger partial charge on any atom is -0.398 e. The Bertz CT molecular complexity index is 988. The zero-order chi connectivity index (χ0) is 22.8. The minimum absolute atomic E-state index is 0.0752. The molecule has 4 heterocycles. The maximum Gasteiger partial charge on any atom is 0.276 e. The molecule has 1 aromatic heterocycles. The van der Waals surface area contributed by atoms with Gasteiger partial charge in [0.2, 0.25) is 5.12 Å². The van der Waals surface area contributed by atoms with Gasteiger partial charge >= 0.3 is 0 Å². The number of thiazole rings is 1. The fraction of sp³-hybridized carbons (Fsp3) is 0.526. The third-order valence-corrected chi connectivity index (χ3v) is 7.80. The van der Waals surface area contributed by atoms with Gasteiger partial charge in [-0.3, -0.25) is 19.3 Å². The maximum atomic E-state index is 13.0. The van der Waals surface area contributed by atoms with Crippen molar-refractivity contribution in [1.82, 2.24) is 15.2 Å². The van der Waals surface area contributed by atoms with Gasteiger partial charge < -0.3 is 20.6 Å². The van der Waals surface area contributed by atoms with Crippen LogP contribution in [0.4, 0.5) is 5.13 Å². The van der Waals surface area contributed by atoms with Gasteiger partial charge in [-0.2, -0.15) is 0 Å². The summed E-state index contributed by atoms with van der Waals surface area (Å²) < 4.78 is 5.41. The Labute approximate surface area is 198 Å². The van der Waals surface area contributed by atoms with E-state index < -0.39 is 17.1 Å². The Morgan fingerprint density at radius 2 is 2.19 bits per heavy atom. The molecule has 3 N–H and O–H groups in total.